The third-order valence-electron chi connectivity index (χ3n) is 1.79. The maximum Gasteiger partial charge on any atom is 0.265 e. The number of pyridine rings is 1. The van der Waals surface area contributed by atoms with Gasteiger partial charge in [0.1, 0.15) is 10.2 Å². The summed E-state index contributed by atoms with van der Waals surface area (Å²) in [6.07, 6.45) is 2.82. The molecule has 0 fully saturated rings. The topological polar surface area (TPSA) is 58.6 Å². The smallest absolute Gasteiger partial charge is 0.265 e. The van der Waals surface area contributed by atoms with E-state index in [2.05, 4.69) is 30.9 Å². The minimum atomic E-state index is -0.294. The van der Waals surface area contributed by atoms with E-state index in [0.717, 1.165) is 0 Å². The Labute approximate surface area is 109 Å². The van der Waals surface area contributed by atoms with Crippen LogP contribution in [0.1, 0.15) is 0 Å². The van der Waals surface area contributed by atoms with E-state index in [1.807, 2.05) is 0 Å². The summed E-state index contributed by atoms with van der Waals surface area (Å²) in [7, 11) is 0. The highest BCUT2D eigenvalue weighted by atomic mass is 79.9. The van der Waals surface area contributed by atoms with Crippen molar-refractivity contribution in [3.63, 3.8) is 0 Å². The molecule has 0 unspecified atom stereocenters. The van der Waals surface area contributed by atoms with Crippen molar-refractivity contribution in [2.24, 2.45) is 0 Å². The van der Waals surface area contributed by atoms with E-state index in [4.69, 9.17) is 23.2 Å². The van der Waals surface area contributed by atoms with Crippen LogP contribution in [-0.4, -0.2) is 15.0 Å². The highest BCUT2D eigenvalue weighted by Gasteiger charge is 2.09. The number of H-pyrrole nitrogens is 1. The Kier molecular flexibility index (Phi) is 3.28. The van der Waals surface area contributed by atoms with E-state index in [0.29, 0.717) is 26.0 Å². The number of halogens is 3. The predicted molar refractivity (Wildman–Crippen MR) is 65.8 cm³/mol. The van der Waals surface area contributed by atoms with Crippen LogP contribution in [0.4, 0.5) is 0 Å². The fourth-order valence-corrected chi connectivity index (χ4v) is 1.76. The number of hydrogen-bond donors (Lipinski definition) is 1. The third kappa shape index (κ3) is 2.26. The minimum absolute atomic E-state index is 0.294. The van der Waals surface area contributed by atoms with Crippen LogP contribution in [0, 0.1) is 0 Å². The first kappa shape index (κ1) is 11.6. The van der Waals surface area contributed by atoms with Crippen molar-refractivity contribution in [2.75, 3.05) is 0 Å². The summed E-state index contributed by atoms with van der Waals surface area (Å²) < 4.78 is 0.348. The Morgan fingerprint density at radius 1 is 1.25 bits per heavy atom. The molecule has 2 aromatic heterocycles. The lowest BCUT2D eigenvalue weighted by Gasteiger charge is -2.02. The third-order valence-corrected chi connectivity index (χ3v) is 2.85. The summed E-state index contributed by atoms with van der Waals surface area (Å²) in [5.74, 6) is 0.301. The Hall–Kier alpha value is -0.910. The number of nitrogens with one attached hydrogen (secondary N) is 1. The van der Waals surface area contributed by atoms with E-state index in [9.17, 15) is 4.79 Å². The molecule has 16 heavy (non-hydrogen) atoms. The van der Waals surface area contributed by atoms with Gasteiger partial charge in [-0.3, -0.25) is 4.79 Å². The molecule has 0 amide bonds. The fourth-order valence-electron chi connectivity index (χ4n) is 1.09. The van der Waals surface area contributed by atoms with Crippen molar-refractivity contribution in [3.8, 4) is 11.5 Å². The Balaban J connectivity index is 2.59. The van der Waals surface area contributed by atoms with Crippen molar-refractivity contribution < 1.29 is 0 Å². The average Bonchev–Trinajstić information content (AvgIpc) is 2.22. The second kappa shape index (κ2) is 4.53. The first-order chi connectivity index (χ1) is 7.58. The number of rotatable bonds is 1. The molecule has 0 atom stereocenters. The highest BCUT2D eigenvalue weighted by Crippen LogP contribution is 2.24. The van der Waals surface area contributed by atoms with Gasteiger partial charge < -0.3 is 4.98 Å². The molecule has 7 heteroatoms. The van der Waals surface area contributed by atoms with Gasteiger partial charge in [0.05, 0.1) is 10.0 Å². The molecule has 0 spiro atoms. The number of nitrogens with zero attached hydrogens (tertiary/aromatic N) is 2. The zero-order chi connectivity index (χ0) is 11.7. The summed E-state index contributed by atoms with van der Waals surface area (Å²) in [6, 6.07) is 1.54. The van der Waals surface area contributed by atoms with E-state index >= 15 is 0 Å². The molecule has 4 nitrogen and oxygen atoms in total. The quantitative estimate of drug-likeness (QED) is 0.879. The molecular weight excluding hydrogens is 317 g/mol. The maximum atomic E-state index is 11.4. The van der Waals surface area contributed by atoms with Gasteiger partial charge in [0, 0.05) is 12.4 Å². The van der Waals surface area contributed by atoms with Gasteiger partial charge in [-0.2, -0.15) is 0 Å². The van der Waals surface area contributed by atoms with E-state index < -0.39 is 0 Å². The van der Waals surface area contributed by atoms with Crippen LogP contribution >= 0.6 is 39.1 Å². The summed E-state index contributed by atoms with van der Waals surface area (Å²) in [6.45, 7) is 0. The summed E-state index contributed by atoms with van der Waals surface area (Å²) in [5, 5.41) is 0.756. The molecule has 0 radical (unpaired) electrons. The van der Waals surface area contributed by atoms with Crippen LogP contribution < -0.4 is 5.56 Å². The monoisotopic (exact) mass is 319 g/mol. The summed E-state index contributed by atoms with van der Waals surface area (Å²) in [5.41, 5.74) is 0.0912. The van der Waals surface area contributed by atoms with E-state index in [1.165, 1.54) is 18.5 Å². The second-order valence-corrected chi connectivity index (χ2v) is 4.59. The van der Waals surface area contributed by atoms with Crippen LogP contribution in [0.5, 0.6) is 0 Å². The predicted octanol–water partition coefficient (Wildman–Crippen LogP) is 2.90. The van der Waals surface area contributed by atoms with Crippen LogP contribution in [-0.2, 0) is 0 Å². The lowest BCUT2D eigenvalue weighted by atomic mass is 10.3. The van der Waals surface area contributed by atoms with Gasteiger partial charge in [0.25, 0.3) is 5.56 Å². The molecule has 1 N–H and O–H groups in total. The largest absolute Gasteiger partial charge is 0.304 e. The molecular formula is C9H4BrCl2N3O. The number of hydrogen-bond acceptors (Lipinski definition) is 3. The fraction of sp³-hybridized carbons (Fsp3) is 0. The normalized spacial score (nSPS) is 10.4. The molecule has 2 aromatic rings. The molecule has 2 rings (SSSR count). The van der Waals surface area contributed by atoms with E-state index in [1.54, 1.807) is 0 Å². The van der Waals surface area contributed by atoms with Gasteiger partial charge in [-0.1, -0.05) is 23.2 Å². The Morgan fingerprint density at radius 2 is 2.00 bits per heavy atom. The number of aromatic nitrogens is 3. The molecule has 0 saturated heterocycles. The second-order valence-electron chi connectivity index (χ2n) is 2.89. The molecule has 0 bridgehead atoms. The van der Waals surface area contributed by atoms with Crippen molar-refractivity contribution in [3.05, 3.63) is 43.3 Å². The molecule has 2 heterocycles. The Bertz CT molecular complexity index is 600. The molecule has 0 aromatic carbocycles. The maximum absolute atomic E-state index is 11.4. The van der Waals surface area contributed by atoms with Crippen molar-refractivity contribution in [1.29, 1.82) is 0 Å². The Morgan fingerprint density at radius 3 is 2.62 bits per heavy atom. The van der Waals surface area contributed by atoms with Crippen LogP contribution in [0.25, 0.3) is 11.5 Å². The lowest BCUT2D eigenvalue weighted by Crippen LogP contribution is -2.09. The van der Waals surface area contributed by atoms with Gasteiger partial charge in [-0.05, 0) is 22.0 Å². The van der Waals surface area contributed by atoms with Crippen molar-refractivity contribution in [1.82, 2.24) is 15.0 Å². The summed E-state index contributed by atoms with van der Waals surface area (Å²) in [4.78, 5) is 21.9. The molecule has 82 valence electrons. The minimum Gasteiger partial charge on any atom is -0.304 e. The van der Waals surface area contributed by atoms with Crippen molar-refractivity contribution >= 4 is 39.1 Å². The van der Waals surface area contributed by atoms with Crippen LogP contribution in [0.15, 0.2) is 27.7 Å². The van der Waals surface area contributed by atoms with Crippen LogP contribution in [0.2, 0.25) is 10.0 Å². The van der Waals surface area contributed by atoms with Gasteiger partial charge in [-0.15, -0.1) is 0 Å². The average molecular weight is 321 g/mol. The van der Waals surface area contributed by atoms with E-state index in [-0.39, 0.29) is 5.56 Å². The SMILES string of the molecule is O=c1[nH]c(-c2ncc(Cl)cc2Cl)ncc1Br. The first-order valence-electron chi connectivity index (χ1n) is 4.14. The van der Waals surface area contributed by atoms with Gasteiger partial charge >= 0.3 is 0 Å². The highest BCUT2D eigenvalue weighted by molar-refractivity contribution is 9.10. The molecule has 0 aliphatic rings. The standard InChI is InChI=1S/C9H4BrCl2N3O/c10-5-3-14-8(15-9(5)16)7-6(12)1-4(11)2-13-7/h1-3H,(H,14,15,16). The van der Waals surface area contributed by atoms with Gasteiger partial charge in [-0.25, -0.2) is 9.97 Å². The van der Waals surface area contributed by atoms with Crippen molar-refractivity contribution in [2.45, 2.75) is 0 Å². The zero-order valence-corrected chi connectivity index (χ0v) is 10.8. The van der Waals surface area contributed by atoms with Gasteiger partial charge in [0.2, 0.25) is 0 Å². The first-order valence-corrected chi connectivity index (χ1v) is 5.69. The molecule has 0 saturated carbocycles. The molecule has 0 aliphatic carbocycles. The zero-order valence-electron chi connectivity index (χ0n) is 7.67. The summed E-state index contributed by atoms with van der Waals surface area (Å²) >= 11 is 14.7. The van der Waals surface area contributed by atoms with Crippen LogP contribution in [0.3, 0.4) is 0 Å². The number of aromatic amines is 1. The van der Waals surface area contributed by atoms with Gasteiger partial charge in [0.15, 0.2) is 5.82 Å². The molecule has 0 aliphatic heterocycles. The lowest BCUT2D eigenvalue weighted by molar-refractivity contribution is 1.09.